The van der Waals surface area contributed by atoms with E-state index in [1.807, 2.05) is 6.07 Å². The minimum absolute atomic E-state index is 0.173. The van der Waals surface area contributed by atoms with Gasteiger partial charge < -0.3 is 14.4 Å². The molecule has 1 N–H and O–H groups in total. The van der Waals surface area contributed by atoms with E-state index in [0.29, 0.717) is 6.10 Å². The first kappa shape index (κ1) is 17.7. The van der Waals surface area contributed by atoms with Crippen molar-refractivity contribution in [2.75, 3.05) is 26.7 Å². The van der Waals surface area contributed by atoms with E-state index in [9.17, 15) is 0 Å². The van der Waals surface area contributed by atoms with Crippen LogP contribution in [-0.4, -0.2) is 43.3 Å². The van der Waals surface area contributed by atoms with Gasteiger partial charge in [0.05, 0.1) is 18.9 Å². The number of hydrogen-bond acceptors (Lipinski definition) is 5. The first-order chi connectivity index (χ1) is 12.7. The normalized spacial score (nSPS) is 23.1. The van der Waals surface area contributed by atoms with Gasteiger partial charge in [0.1, 0.15) is 5.60 Å². The van der Waals surface area contributed by atoms with E-state index in [-0.39, 0.29) is 5.60 Å². The summed E-state index contributed by atoms with van der Waals surface area (Å²) in [7, 11) is 1.70. The molecule has 3 aliphatic rings. The van der Waals surface area contributed by atoms with Crippen molar-refractivity contribution in [3.63, 3.8) is 0 Å². The highest BCUT2D eigenvalue weighted by Gasteiger charge is 2.38. The maximum Gasteiger partial charge on any atom is 0.162 e. The van der Waals surface area contributed by atoms with E-state index >= 15 is 0 Å². The zero-order valence-corrected chi connectivity index (χ0v) is 15.9. The summed E-state index contributed by atoms with van der Waals surface area (Å²) in [6.45, 7) is 5.50. The molecule has 0 atom stereocenters. The SMILES string of the molecule is CCN1CCC2(C=C(c3ccc(OC)c(OC4CCCC4)c3)NO2)CC1. The molecule has 0 bridgehead atoms. The summed E-state index contributed by atoms with van der Waals surface area (Å²) in [5.74, 6) is 1.63. The van der Waals surface area contributed by atoms with Crippen LogP contribution in [-0.2, 0) is 4.84 Å². The Morgan fingerprint density at radius 1 is 1.19 bits per heavy atom. The van der Waals surface area contributed by atoms with Gasteiger partial charge in [0.2, 0.25) is 0 Å². The van der Waals surface area contributed by atoms with E-state index in [2.05, 4.69) is 35.5 Å². The number of nitrogens with one attached hydrogen (secondary N) is 1. The number of methoxy groups -OCH3 is 1. The third-order valence-corrected chi connectivity index (χ3v) is 5.99. The maximum absolute atomic E-state index is 6.24. The molecule has 0 unspecified atom stereocenters. The summed E-state index contributed by atoms with van der Waals surface area (Å²) in [4.78, 5) is 8.50. The highest BCUT2D eigenvalue weighted by molar-refractivity contribution is 5.68. The lowest BCUT2D eigenvalue weighted by molar-refractivity contribution is -0.0686. The van der Waals surface area contributed by atoms with Crippen LogP contribution in [0.15, 0.2) is 24.3 Å². The van der Waals surface area contributed by atoms with Gasteiger partial charge in [-0.25, -0.2) is 0 Å². The molecule has 1 aliphatic carbocycles. The minimum atomic E-state index is -0.173. The lowest BCUT2D eigenvalue weighted by atomic mass is 9.90. The van der Waals surface area contributed by atoms with Crippen LogP contribution in [0.3, 0.4) is 0 Å². The minimum Gasteiger partial charge on any atom is -0.493 e. The van der Waals surface area contributed by atoms with E-state index in [0.717, 1.165) is 68.1 Å². The van der Waals surface area contributed by atoms with Crippen LogP contribution in [0.1, 0.15) is 51.0 Å². The number of hydrogen-bond donors (Lipinski definition) is 1. The first-order valence-corrected chi connectivity index (χ1v) is 9.96. The first-order valence-electron chi connectivity index (χ1n) is 9.96. The molecular weight excluding hydrogens is 328 g/mol. The van der Waals surface area contributed by atoms with Gasteiger partial charge in [0, 0.05) is 18.7 Å². The van der Waals surface area contributed by atoms with Crippen LogP contribution >= 0.6 is 0 Å². The Hall–Kier alpha value is -1.72. The third-order valence-electron chi connectivity index (χ3n) is 5.99. The van der Waals surface area contributed by atoms with Crippen molar-refractivity contribution in [3.8, 4) is 11.5 Å². The zero-order valence-electron chi connectivity index (χ0n) is 15.9. The van der Waals surface area contributed by atoms with Crippen LogP contribution in [0.4, 0.5) is 0 Å². The molecule has 1 aromatic rings. The van der Waals surface area contributed by atoms with Crippen molar-refractivity contribution in [1.82, 2.24) is 10.4 Å². The molecule has 1 saturated heterocycles. The Balaban J connectivity index is 1.53. The number of nitrogens with zero attached hydrogens (tertiary/aromatic N) is 1. The third kappa shape index (κ3) is 3.55. The quantitative estimate of drug-likeness (QED) is 0.868. The Labute approximate surface area is 156 Å². The van der Waals surface area contributed by atoms with E-state index in [1.54, 1.807) is 7.11 Å². The summed E-state index contributed by atoms with van der Waals surface area (Å²) in [6, 6.07) is 6.15. The van der Waals surface area contributed by atoms with Crippen LogP contribution in [0, 0.1) is 0 Å². The molecule has 142 valence electrons. The van der Waals surface area contributed by atoms with E-state index in [1.165, 1.54) is 12.8 Å². The molecule has 1 aromatic carbocycles. The number of piperidine rings is 1. The lowest BCUT2D eigenvalue weighted by Crippen LogP contribution is -2.44. The van der Waals surface area contributed by atoms with Gasteiger partial charge in [-0.2, -0.15) is 0 Å². The van der Waals surface area contributed by atoms with Crippen LogP contribution in [0.5, 0.6) is 11.5 Å². The highest BCUT2D eigenvalue weighted by atomic mass is 16.7. The summed E-state index contributed by atoms with van der Waals surface area (Å²) in [5.41, 5.74) is 5.12. The van der Waals surface area contributed by atoms with E-state index in [4.69, 9.17) is 14.3 Å². The second-order valence-corrected chi connectivity index (χ2v) is 7.65. The van der Waals surface area contributed by atoms with Gasteiger partial charge in [-0.15, -0.1) is 0 Å². The molecule has 4 rings (SSSR count). The molecule has 0 radical (unpaired) electrons. The number of rotatable bonds is 5. The van der Waals surface area contributed by atoms with Crippen molar-refractivity contribution >= 4 is 5.70 Å². The molecule has 5 nitrogen and oxygen atoms in total. The summed E-state index contributed by atoms with van der Waals surface area (Å²) in [6.07, 6.45) is 9.41. The highest BCUT2D eigenvalue weighted by Crippen LogP contribution is 2.38. The Morgan fingerprint density at radius 3 is 2.65 bits per heavy atom. The van der Waals surface area contributed by atoms with Crippen molar-refractivity contribution in [2.24, 2.45) is 0 Å². The zero-order chi connectivity index (χ0) is 18.0. The molecule has 2 fully saturated rings. The standard InChI is InChI=1S/C21H30N2O3/c1-3-23-12-10-21(11-13-23)15-18(22-26-21)16-8-9-19(24-2)20(14-16)25-17-6-4-5-7-17/h8-9,14-15,17,22H,3-7,10-13H2,1-2H3. The maximum atomic E-state index is 6.24. The summed E-state index contributed by atoms with van der Waals surface area (Å²) >= 11 is 0. The van der Waals surface area contributed by atoms with Gasteiger partial charge in [0.15, 0.2) is 11.5 Å². The monoisotopic (exact) mass is 358 g/mol. The molecule has 2 aliphatic heterocycles. The molecule has 5 heteroatoms. The van der Waals surface area contributed by atoms with Gasteiger partial charge in [-0.05, 0) is 69.3 Å². The number of hydroxylamine groups is 1. The predicted octanol–water partition coefficient (Wildman–Crippen LogP) is 3.75. The van der Waals surface area contributed by atoms with Gasteiger partial charge >= 0.3 is 0 Å². The molecule has 2 heterocycles. The lowest BCUT2D eigenvalue weighted by Gasteiger charge is -2.36. The van der Waals surface area contributed by atoms with Gasteiger partial charge in [0.25, 0.3) is 0 Å². The molecular formula is C21H30N2O3. The van der Waals surface area contributed by atoms with Gasteiger partial charge in [-0.1, -0.05) is 6.92 Å². The fourth-order valence-corrected chi connectivity index (χ4v) is 4.24. The summed E-state index contributed by atoms with van der Waals surface area (Å²) in [5, 5.41) is 0. The average Bonchev–Trinajstić information content (AvgIpc) is 3.33. The number of ether oxygens (including phenoxy) is 2. The van der Waals surface area contributed by atoms with Crippen molar-refractivity contribution < 1.29 is 14.3 Å². The smallest absolute Gasteiger partial charge is 0.162 e. The Bertz CT molecular complexity index is 659. The van der Waals surface area contributed by atoms with Crippen molar-refractivity contribution in [1.29, 1.82) is 0 Å². The number of benzene rings is 1. The van der Waals surface area contributed by atoms with Crippen LogP contribution < -0.4 is 15.0 Å². The molecule has 26 heavy (non-hydrogen) atoms. The predicted molar refractivity (Wildman–Crippen MR) is 102 cm³/mol. The fourth-order valence-electron chi connectivity index (χ4n) is 4.24. The Morgan fingerprint density at radius 2 is 1.96 bits per heavy atom. The van der Waals surface area contributed by atoms with Crippen LogP contribution in [0.2, 0.25) is 0 Å². The largest absolute Gasteiger partial charge is 0.493 e. The van der Waals surface area contributed by atoms with Gasteiger partial charge in [-0.3, -0.25) is 10.3 Å². The van der Waals surface area contributed by atoms with E-state index < -0.39 is 0 Å². The fraction of sp³-hybridized carbons (Fsp3) is 0.619. The molecule has 1 saturated carbocycles. The Kier molecular flexibility index (Phi) is 5.09. The average molecular weight is 358 g/mol. The van der Waals surface area contributed by atoms with Crippen molar-refractivity contribution in [3.05, 3.63) is 29.8 Å². The van der Waals surface area contributed by atoms with Crippen LogP contribution in [0.25, 0.3) is 5.70 Å². The summed E-state index contributed by atoms with van der Waals surface area (Å²) < 4.78 is 11.7. The topological polar surface area (TPSA) is 43.0 Å². The molecule has 0 amide bonds. The number of likely N-dealkylation sites (tertiary alicyclic amines) is 1. The van der Waals surface area contributed by atoms with Crippen molar-refractivity contribution in [2.45, 2.75) is 57.2 Å². The second kappa shape index (κ2) is 7.49. The molecule has 0 aromatic heterocycles. The molecule has 1 spiro atoms. The second-order valence-electron chi connectivity index (χ2n) is 7.65.